The molecule has 0 bridgehead atoms. The van der Waals surface area contributed by atoms with Crippen molar-refractivity contribution in [3.8, 4) is 0 Å². The Hall–Kier alpha value is -1.73. The third kappa shape index (κ3) is 2.12. The number of fused-ring (bicyclic) bond motifs is 1. The molecule has 0 aromatic carbocycles. The summed E-state index contributed by atoms with van der Waals surface area (Å²) in [5.74, 6) is 1.56. The molecule has 1 aliphatic rings. The first-order valence-corrected chi connectivity index (χ1v) is 6.90. The Morgan fingerprint density at radius 3 is 2.80 bits per heavy atom. The maximum atomic E-state index is 9.86. The van der Waals surface area contributed by atoms with Gasteiger partial charge in [0.2, 0.25) is 0 Å². The number of hydrogen-bond acceptors (Lipinski definition) is 6. The molecule has 0 aliphatic carbocycles. The Balaban J connectivity index is 2.06. The number of anilines is 1. The molecule has 20 heavy (non-hydrogen) atoms. The molecular formula is C13H19N5O2. The largest absolute Gasteiger partial charge is 0.390 e. The Morgan fingerprint density at radius 1 is 1.30 bits per heavy atom. The Bertz CT molecular complexity index is 626. The molecule has 0 amide bonds. The summed E-state index contributed by atoms with van der Waals surface area (Å²) < 4.78 is 1.73. The normalized spacial score (nSPS) is 23.5. The van der Waals surface area contributed by atoms with Crippen LogP contribution in [0.2, 0.25) is 0 Å². The molecule has 2 N–H and O–H groups in total. The smallest absolute Gasteiger partial charge is 0.163 e. The lowest BCUT2D eigenvalue weighted by Crippen LogP contribution is -2.47. The number of aliphatic hydroxyl groups excluding tert-OH is 2. The minimum Gasteiger partial charge on any atom is -0.390 e. The minimum atomic E-state index is -0.740. The van der Waals surface area contributed by atoms with Crippen molar-refractivity contribution in [3.05, 3.63) is 12.0 Å². The van der Waals surface area contributed by atoms with Crippen LogP contribution in [0.4, 0.5) is 5.82 Å². The zero-order chi connectivity index (χ0) is 14.3. The van der Waals surface area contributed by atoms with E-state index in [9.17, 15) is 10.2 Å². The quantitative estimate of drug-likeness (QED) is 0.794. The molecule has 2 aromatic heterocycles. The zero-order valence-electron chi connectivity index (χ0n) is 11.7. The first-order valence-electron chi connectivity index (χ1n) is 6.90. The van der Waals surface area contributed by atoms with E-state index in [1.165, 1.54) is 0 Å². The van der Waals surface area contributed by atoms with Gasteiger partial charge < -0.3 is 15.1 Å². The first-order chi connectivity index (χ1) is 9.60. The molecule has 1 saturated heterocycles. The SMILES string of the molecule is CCc1nc(N2CC[C@H](O)[C@@H](O)C2)c2cnn(C)c2n1. The van der Waals surface area contributed by atoms with E-state index in [0.29, 0.717) is 19.5 Å². The predicted octanol–water partition coefficient (Wildman–Crippen LogP) is -0.142. The number of aryl methyl sites for hydroxylation is 2. The molecule has 2 aromatic rings. The van der Waals surface area contributed by atoms with Crippen molar-refractivity contribution in [2.24, 2.45) is 7.05 Å². The van der Waals surface area contributed by atoms with Gasteiger partial charge in [-0.25, -0.2) is 9.97 Å². The number of piperidine rings is 1. The van der Waals surface area contributed by atoms with E-state index >= 15 is 0 Å². The number of aliphatic hydroxyl groups is 2. The van der Waals surface area contributed by atoms with Crippen LogP contribution in [0.15, 0.2) is 6.20 Å². The molecule has 7 heteroatoms. The zero-order valence-corrected chi connectivity index (χ0v) is 11.7. The van der Waals surface area contributed by atoms with Gasteiger partial charge in [0, 0.05) is 26.6 Å². The third-order valence-electron chi connectivity index (χ3n) is 3.78. The van der Waals surface area contributed by atoms with E-state index in [1.807, 2.05) is 18.9 Å². The van der Waals surface area contributed by atoms with E-state index in [1.54, 1.807) is 10.9 Å². The minimum absolute atomic E-state index is 0.380. The molecular weight excluding hydrogens is 258 g/mol. The van der Waals surface area contributed by atoms with Gasteiger partial charge in [-0.3, -0.25) is 4.68 Å². The number of rotatable bonds is 2. The molecule has 7 nitrogen and oxygen atoms in total. The van der Waals surface area contributed by atoms with Crippen molar-refractivity contribution in [2.45, 2.75) is 32.0 Å². The van der Waals surface area contributed by atoms with Crippen LogP contribution in [0.1, 0.15) is 19.2 Å². The fourth-order valence-electron chi connectivity index (χ4n) is 2.56. The maximum absolute atomic E-state index is 9.86. The van der Waals surface area contributed by atoms with E-state index < -0.39 is 12.2 Å². The van der Waals surface area contributed by atoms with Crippen molar-refractivity contribution in [3.63, 3.8) is 0 Å². The molecule has 0 radical (unpaired) electrons. The van der Waals surface area contributed by atoms with Crippen molar-refractivity contribution < 1.29 is 10.2 Å². The van der Waals surface area contributed by atoms with Crippen LogP contribution in [0, 0.1) is 0 Å². The van der Waals surface area contributed by atoms with Gasteiger partial charge in [0.1, 0.15) is 11.6 Å². The molecule has 1 aliphatic heterocycles. The number of β-amino-alcohol motifs (C(OH)–C–C–N with tert-alkyl or cyclic N) is 1. The van der Waals surface area contributed by atoms with Crippen LogP contribution in [0.3, 0.4) is 0 Å². The monoisotopic (exact) mass is 277 g/mol. The third-order valence-corrected chi connectivity index (χ3v) is 3.78. The van der Waals surface area contributed by atoms with E-state index in [4.69, 9.17) is 0 Å². The lowest BCUT2D eigenvalue weighted by Gasteiger charge is -2.34. The van der Waals surface area contributed by atoms with Crippen LogP contribution in [0.25, 0.3) is 11.0 Å². The lowest BCUT2D eigenvalue weighted by molar-refractivity contribution is 0.00791. The summed E-state index contributed by atoms with van der Waals surface area (Å²) in [7, 11) is 1.85. The molecule has 3 heterocycles. The Labute approximate surface area is 116 Å². The van der Waals surface area contributed by atoms with Crippen LogP contribution in [-0.4, -0.2) is 55.3 Å². The highest BCUT2D eigenvalue weighted by molar-refractivity contribution is 5.87. The highest BCUT2D eigenvalue weighted by atomic mass is 16.3. The number of aromatic nitrogens is 4. The van der Waals surface area contributed by atoms with Crippen LogP contribution in [0.5, 0.6) is 0 Å². The molecule has 108 valence electrons. The molecule has 1 fully saturated rings. The van der Waals surface area contributed by atoms with Crippen LogP contribution < -0.4 is 4.90 Å². The van der Waals surface area contributed by atoms with Crippen molar-refractivity contribution >= 4 is 16.9 Å². The van der Waals surface area contributed by atoms with Gasteiger partial charge in [0.15, 0.2) is 5.65 Å². The van der Waals surface area contributed by atoms with Gasteiger partial charge in [-0.05, 0) is 6.42 Å². The summed E-state index contributed by atoms with van der Waals surface area (Å²) in [4.78, 5) is 11.1. The second kappa shape index (κ2) is 4.99. The average molecular weight is 277 g/mol. The molecule has 0 saturated carbocycles. The van der Waals surface area contributed by atoms with Crippen LogP contribution >= 0.6 is 0 Å². The summed E-state index contributed by atoms with van der Waals surface area (Å²) >= 11 is 0. The Morgan fingerprint density at radius 2 is 2.10 bits per heavy atom. The summed E-state index contributed by atoms with van der Waals surface area (Å²) in [6, 6.07) is 0. The highest BCUT2D eigenvalue weighted by Crippen LogP contribution is 2.26. The van der Waals surface area contributed by atoms with Gasteiger partial charge in [0.05, 0.1) is 23.8 Å². The number of hydrogen-bond donors (Lipinski definition) is 2. The van der Waals surface area contributed by atoms with Gasteiger partial charge in [-0.15, -0.1) is 0 Å². The first kappa shape index (κ1) is 13.3. The average Bonchev–Trinajstić information content (AvgIpc) is 2.82. The maximum Gasteiger partial charge on any atom is 0.163 e. The Kier molecular flexibility index (Phi) is 3.31. The van der Waals surface area contributed by atoms with E-state index in [0.717, 1.165) is 29.1 Å². The van der Waals surface area contributed by atoms with Crippen molar-refractivity contribution in [1.82, 2.24) is 19.7 Å². The van der Waals surface area contributed by atoms with Crippen molar-refractivity contribution in [2.75, 3.05) is 18.0 Å². The fourth-order valence-corrected chi connectivity index (χ4v) is 2.56. The second-order valence-electron chi connectivity index (χ2n) is 5.19. The highest BCUT2D eigenvalue weighted by Gasteiger charge is 2.28. The second-order valence-corrected chi connectivity index (χ2v) is 5.19. The summed E-state index contributed by atoms with van der Waals surface area (Å²) in [5.41, 5.74) is 0.799. The van der Waals surface area contributed by atoms with Gasteiger partial charge >= 0.3 is 0 Å². The van der Waals surface area contributed by atoms with Gasteiger partial charge in [-0.1, -0.05) is 6.92 Å². The standard InChI is InChI=1S/C13H19N5O2/c1-3-11-15-12-8(6-14-17(12)2)13(16-11)18-5-4-9(19)10(20)7-18/h6,9-10,19-20H,3-5,7H2,1-2H3/t9-,10-/m0/s1. The fraction of sp³-hybridized carbons (Fsp3) is 0.615. The van der Waals surface area contributed by atoms with Crippen LogP contribution in [-0.2, 0) is 13.5 Å². The molecule has 0 spiro atoms. The van der Waals surface area contributed by atoms with Crippen molar-refractivity contribution in [1.29, 1.82) is 0 Å². The molecule has 3 rings (SSSR count). The summed E-state index contributed by atoms with van der Waals surface area (Å²) in [6.45, 7) is 3.06. The van der Waals surface area contributed by atoms with E-state index in [-0.39, 0.29) is 0 Å². The topological polar surface area (TPSA) is 87.3 Å². The number of nitrogens with zero attached hydrogens (tertiary/aromatic N) is 5. The van der Waals surface area contributed by atoms with E-state index in [2.05, 4.69) is 15.1 Å². The summed E-state index contributed by atoms with van der Waals surface area (Å²) in [6.07, 6.45) is 1.64. The summed E-state index contributed by atoms with van der Waals surface area (Å²) in [5, 5.41) is 24.6. The van der Waals surface area contributed by atoms with Gasteiger partial charge in [-0.2, -0.15) is 5.10 Å². The predicted molar refractivity (Wildman–Crippen MR) is 74.5 cm³/mol. The van der Waals surface area contributed by atoms with Gasteiger partial charge in [0.25, 0.3) is 0 Å². The molecule has 0 unspecified atom stereocenters. The molecule has 2 atom stereocenters. The lowest BCUT2D eigenvalue weighted by atomic mass is 10.0.